The molecule has 0 bridgehead atoms. The topological polar surface area (TPSA) is 12.0 Å². The van der Waals surface area contributed by atoms with E-state index in [1.807, 2.05) is 0 Å². The lowest BCUT2D eigenvalue weighted by atomic mass is 10.00. The van der Waals surface area contributed by atoms with Gasteiger partial charge in [-0.3, -0.25) is 0 Å². The number of hydrogen-bond donors (Lipinski definition) is 1. The monoisotopic (exact) mass is 321 g/mol. The summed E-state index contributed by atoms with van der Waals surface area (Å²) in [5.74, 6) is 0. The highest BCUT2D eigenvalue weighted by Gasteiger charge is 2.15. The maximum absolute atomic E-state index is 6.25. The van der Waals surface area contributed by atoms with E-state index in [2.05, 4.69) is 57.3 Å². The van der Waals surface area contributed by atoms with Crippen molar-refractivity contribution in [1.29, 1.82) is 0 Å². The number of nitrogens with one attached hydrogen (secondary N) is 1. The summed E-state index contributed by atoms with van der Waals surface area (Å²) in [6, 6.07) is 9.33. The maximum Gasteiger partial charge on any atom is 0.0960 e. The Bertz CT molecular complexity index is 584. The quantitative estimate of drug-likeness (QED) is 0.729. The smallest absolute Gasteiger partial charge is 0.0960 e. The Kier molecular flexibility index (Phi) is 5.86. The van der Waals surface area contributed by atoms with Crippen molar-refractivity contribution in [2.75, 3.05) is 6.54 Å². The van der Waals surface area contributed by atoms with Gasteiger partial charge in [0.05, 0.1) is 4.34 Å². The molecule has 1 unspecified atom stereocenters. The van der Waals surface area contributed by atoms with E-state index in [0.717, 1.165) is 23.7 Å². The van der Waals surface area contributed by atoms with Crippen LogP contribution in [0.2, 0.25) is 4.34 Å². The molecule has 0 aliphatic rings. The molecule has 1 aromatic carbocycles. The Labute approximate surface area is 137 Å². The largest absolute Gasteiger partial charge is 0.309 e. The molecule has 0 aliphatic heterocycles. The van der Waals surface area contributed by atoms with E-state index < -0.39 is 0 Å². The zero-order chi connectivity index (χ0) is 15.4. The predicted molar refractivity (Wildman–Crippen MR) is 94.7 cm³/mol. The zero-order valence-corrected chi connectivity index (χ0v) is 14.9. The van der Waals surface area contributed by atoms with Crippen LogP contribution in [0.5, 0.6) is 0 Å². The molecule has 1 nitrogen and oxygen atoms in total. The molecule has 1 heterocycles. The summed E-state index contributed by atoms with van der Waals surface area (Å²) < 4.78 is 0.911. The molecule has 1 aromatic heterocycles. The van der Waals surface area contributed by atoms with Crippen molar-refractivity contribution in [2.45, 2.75) is 46.6 Å². The molecule has 1 N–H and O–H groups in total. The minimum atomic E-state index is 0.350. The van der Waals surface area contributed by atoms with Crippen molar-refractivity contribution in [3.63, 3.8) is 0 Å². The molecule has 114 valence electrons. The minimum Gasteiger partial charge on any atom is -0.309 e. The van der Waals surface area contributed by atoms with Gasteiger partial charge in [0.15, 0.2) is 0 Å². The van der Waals surface area contributed by atoms with E-state index in [9.17, 15) is 0 Å². The van der Waals surface area contributed by atoms with Crippen molar-refractivity contribution in [1.82, 2.24) is 5.32 Å². The molecule has 1 atom stereocenters. The molecule has 2 rings (SSSR count). The van der Waals surface area contributed by atoms with Crippen LogP contribution in [0, 0.1) is 20.8 Å². The fourth-order valence-corrected chi connectivity index (χ4v) is 3.71. The lowest BCUT2D eigenvalue weighted by Gasteiger charge is -2.18. The zero-order valence-electron chi connectivity index (χ0n) is 13.3. The van der Waals surface area contributed by atoms with Gasteiger partial charge in [-0.05, 0) is 68.5 Å². The normalized spacial score (nSPS) is 12.6. The Hall–Kier alpha value is -0.830. The van der Waals surface area contributed by atoms with Gasteiger partial charge in [0.1, 0.15) is 0 Å². The predicted octanol–water partition coefficient (Wildman–Crippen LogP) is 5.61. The number of benzene rings is 1. The standard InChI is InChI=1S/C18H24ClNS/c1-5-8-20-16(17-10-14(4)18(19)21-17)11-15-7-6-12(2)13(3)9-15/h6-7,9-10,16,20H,5,8,11H2,1-4H3. The second kappa shape index (κ2) is 7.44. The van der Waals surface area contributed by atoms with Crippen LogP contribution in [0.25, 0.3) is 0 Å². The van der Waals surface area contributed by atoms with E-state index in [-0.39, 0.29) is 0 Å². The summed E-state index contributed by atoms with van der Waals surface area (Å²) in [4.78, 5) is 1.34. The van der Waals surface area contributed by atoms with Gasteiger partial charge < -0.3 is 5.32 Å². The molecule has 0 radical (unpaired) electrons. The maximum atomic E-state index is 6.25. The lowest BCUT2D eigenvalue weighted by molar-refractivity contribution is 0.536. The summed E-state index contributed by atoms with van der Waals surface area (Å²) in [7, 11) is 0. The second-order valence-corrected chi connectivity index (χ2v) is 7.42. The van der Waals surface area contributed by atoms with Gasteiger partial charge in [-0.25, -0.2) is 0 Å². The van der Waals surface area contributed by atoms with Crippen LogP contribution in [0.3, 0.4) is 0 Å². The van der Waals surface area contributed by atoms with Crippen molar-refractivity contribution in [2.24, 2.45) is 0 Å². The van der Waals surface area contributed by atoms with E-state index in [0.29, 0.717) is 6.04 Å². The third-order valence-electron chi connectivity index (χ3n) is 3.87. The van der Waals surface area contributed by atoms with Gasteiger partial charge >= 0.3 is 0 Å². The highest BCUT2D eigenvalue weighted by atomic mass is 35.5. The molecular formula is C18H24ClNS. The van der Waals surface area contributed by atoms with Crippen LogP contribution in [-0.2, 0) is 6.42 Å². The fraction of sp³-hybridized carbons (Fsp3) is 0.444. The van der Waals surface area contributed by atoms with Gasteiger partial charge in [-0.1, -0.05) is 36.7 Å². The van der Waals surface area contributed by atoms with Crippen LogP contribution in [0.4, 0.5) is 0 Å². The molecule has 21 heavy (non-hydrogen) atoms. The van der Waals surface area contributed by atoms with Crippen LogP contribution in [0.15, 0.2) is 24.3 Å². The SMILES string of the molecule is CCCNC(Cc1ccc(C)c(C)c1)c1cc(C)c(Cl)s1. The highest BCUT2D eigenvalue weighted by molar-refractivity contribution is 7.16. The van der Waals surface area contributed by atoms with E-state index >= 15 is 0 Å². The molecule has 0 amide bonds. The summed E-state index contributed by atoms with van der Waals surface area (Å²) in [6.45, 7) is 9.65. The van der Waals surface area contributed by atoms with Crippen LogP contribution in [0.1, 0.15) is 46.5 Å². The van der Waals surface area contributed by atoms with E-state index in [4.69, 9.17) is 11.6 Å². The average molecular weight is 322 g/mol. The first kappa shape index (κ1) is 16.5. The van der Waals surface area contributed by atoms with Crippen molar-refractivity contribution in [3.05, 3.63) is 55.7 Å². The first-order chi connectivity index (χ1) is 10.0. The molecule has 0 saturated carbocycles. The number of hydrogen-bond acceptors (Lipinski definition) is 2. The van der Waals surface area contributed by atoms with Gasteiger partial charge in [0, 0.05) is 10.9 Å². The van der Waals surface area contributed by atoms with Crippen molar-refractivity contribution >= 4 is 22.9 Å². The van der Waals surface area contributed by atoms with Crippen LogP contribution < -0.4 is 5.32 Å². The highest BCUT2D eigenvalue weighted by Crippen LogP contribution is 2.32. The summed E-state index contributed by atoms with van der Waals surface area (Å²) in [5, 5.41) is 3.66. The van der Waals surface area contributed by atoms with Crippen LogP contribution >= 0.6 is 22.9 Å². The fourth-order valence-electron chi connectivity index (χ4n) is 2.41. The number of aryl methyl sites for hydroxylation is 3. The Morgan fingerprint density at radius 2 is 1.86 bits per heavy atom. The van der Waals surface area contributed by atoms with Gasteiger partial charge in [-0.2, -0.15) is 0 Å². The van der Waals surface area contributed by atoms with E-state index in [1.165, 1.54) is 27.1 Å². The third kappa shape index (κ3) is 4.32. The third-order valence-corrected chi connectivity index (χ3v) is 5.54. The molecule has 0 fully saturated rings. The molecule has 0 saturated heterocycles. The molecule has 3 heteroatoms. The van der Waals surface area contributed by atoms with Crippen molar-refractivity contribution < 1.29 is 0 Å². The second-order valence-electron chi connectivity index (χ2n) is 5.73. The molecule has 0 spiro atoms. The van der Waals surface area contributed by atoms with Gasteiger partial charge in [0.2, 0.25) is 0 Å². The molecule has 0 aliphatic carbocycles. The van der Waals surface area contributed by atoms with Crippen LogP contribution in [-0.4, -0.2) is 6.54 Å². The Morgan fingerprint density at radius 3 is 2.43 bits per heavy atom. The molecular weight excluding hydrogens is 298 g/mol. The Balaban J connectivity index is 2.21. The van der Waals surface area contributed by atoms with Gasteiger partial charge in [-0.15, -0.1) is 11.3 Å². The number of thiophene rings is 1. The number of rotatable bonds is 6. The summed E-state index contributed by atoms with van der Waals surface area (Å²) >= 11 is 7.95. The first-order valence-corrected chi connectivity index (χ1v) is 8.76. The first-order valence-electron chi connectivity index (χ1n) is 7.56. The van der Waals surface area contributed by atoms with Crippen molar-refractivity contribution in [3.8, 4) is 0 Å². The summed E-state index contributed by atoms with van der Waals surface area (Å²) in [6.07, 6.45) is 2.15. The van der Waals surface area contributed by atoms with Gasteiger partial charge in [0.25, 0.3) is 0 Å². The lowest BCUT2D eigenvalue weighted by Crippen LogP contribution is -2.23. The van der Waals surface area contributed by atoms with E-state index in [1.54, 1.807) is 11.3 Å². The number of halogens is 1. The summed E-state index contributed by atoms with van der Waals surface area (Å²) in [5.41, 5.74) is 5.28. The minimum absolute atomic E-state index is 0.350. The molecule has 2 aromatic rings. The Morgan fingerprint density at radius 1 is 1.10 bits per heavy atom. The average Bonchev–Trinajstić information content (AvgIpc) is 2.78.